The Hall–Kier alpha value is -3.72. The maximum absolute atomic E-state index is 13.4. The lowest BCUT2D eigenvalue weighted by Crippen LogP contribution is -2.22. The number of aryl methyl sites for hydroxylation is 2. The van der Waals surface area contributed by atoms with E-state index >= 15 is 0 Å². The molecule has 4 rings (SSSR count). The van der Waals surface area contributed by atoms with Crippen molar-refractivity contribution in [2.24, 2.45) is 7.05 Å². The van der Waals surface area contributed by atoms with Crippen molar-refractivity contribution in [1.29, 1.82) is 0 Å². The Morgan fingerprint density at radius 1 is 1.03 bits per heavy atom. The minimum Gasteiger partial charge on any atom is -0.494 e. The molecule has 9 heteroatoms. The number of aromatic nitrogens is 2. The number of nitrogen functional groups attached to an aromatic ring is 1. The van der Waals surface area contributed by atoms with Crippen LogP contribution in [0.1, 0.15) is 5.56 Å². The van der Waals surface area contributed by atoms with Gasteiger partial charge in [-0.2, -0.15) is 0 Å². The number of nitrogens with two attached hydrogens (primary N) is 1. The number of pyridine rings is 1. The Morgan fingerprint density at radius 3 is 2.34 bits per heavy atom. The monoisotopic (exact) mass is 452 g/mol. The van der Waals surface area contributed by atoms with Crippen molar-refractivity contribution in [2.45, 2.75) is 11.8 Å². The van der Waals surface area contributed by atoms with Gasteiger partial charge in [0.15, 0.2) is 5.75 Å². The third kappa shape index (κ3) is 3.21. The van der Waals surface area contributed by atoms with Crippen molar-refractivity contribution < 1.29 is 13.2 Å². The molecule has 32 heavy (non-hydrogen) atoms. The zero-order chi connectivity index (χ0) is 23.2. The summed E-state index contributed by atoms with van der Waals surface area (Å²) < 4.78 is 34.7. The average molecular weight is 453 g/mol. The summed E-state index contributed by atoms with van der Waals surface area (Å²) >= 11 is 0. The Morgan fingerprint density at radius 2 is 1.72 bits per heavy atom. The highest BCUT2D eigenvalue weighted by Crippen LogP contribution is 2.41. The lowest BCUT2D eigenvalue weighted by Gasteiger charge is -2.16. The number of benzene rings is 2. The summed E-state index contributed by atoms with van der Waals surface area (Å²) in [6.07, 6.45) is 3.06. The van der Waals surface area contributed by atoms with Gasteiger partial charge in [-0.3, -0.25) is 4.79 Å². The Labute approximate surface area is 185 Å². The topological polar surface area (TPSA) is 108 Å². The molecule has 0 bridgehead atoms. The second kappa shape index (κ2) is 7.76. The molecule has 2 aromatic heterocycles. The molecule has 0 aliphatic carbocycles. The SMILES string of the molecule is CNc1ccc(-c2cn(C)c(=O)c3c2ccn3S(=O)(=O)c2ccc(C)cc2)c(OC)c1N. The molecule has 0 unspecified atom stereocenters. The number of fused-ring (bicyclic) bond motifs is 1. The van der Waals surface area contributed by atoms with E-state index in [9.17, 15) is 13.2 Å². The molecule has 0 saturated carbocycles. The van der Waals surface area contributed by atoms with Crippen molar-refractivity contribution in [3.05, 3.63) is 70.8 Å². The molecule has 3 N–H and O–H groups in total. The third-order valence-corrected chi connectivity index (χ3v) is 7.22. The van der Waals surface area contributed by atoms with Crippen LogP contribution >= 0.6 is 0 Å². The smallest absolute Gasteiger partial charge is 0.275 e. The molecular weight excluding hydrogens is 428 g/mol. The molecule has 0 amide bonds. The van der Waals surface area contributed by atoms with Gasteiger partial charge in [0.25, 0.3) is 15.6 Å². The maximum atomic E-state index is 13.4. The lowest BCUT2D eigenvalue weighted by molar-refractivity contribution is 0.419. The summed E-state index contributed by atoms with van der Waals surface area (Å²) in [4.78, 5) is 13.2. The summed E-state index contributed by atoms with van der Waals surface area (Å²) in [6, 6.07) is 11.8. The standard InChI is InChI=1S/C23H24N4O4S/c1-14-5-7-15(8-6-14)32(29,30)27-12-11-16-18(13-26(3)23(28)21(16)27)17-9-10-19(25-2)20(24)22(17)31-4/h5-13,25H,24H2,1-4H3. The highest BCUT2D eigenvalue weighted by molar-refractivity contribution is 7.90. The number of anilines is 2. The van der Waals surface area contributed by atoms with Crippen LogP contribution in [0.2, 0.25) is 0 Å². The van der Waals surface area contributed by atoms with Crippen LogP contribution in [0.3, 0.4) is 0 Å². The van der Waals surface area contributed by atoms with E-state index in [-0.39, 0.29) is 10.4 Å². The number of hydrogen-bond donors (Lipinski definition) is 2. The number of ether oxygens (including phenoxy) is 1. The van der Waals surface area contributed by atoms with Crippen molar-refractivity contribution in [3.8, 4) is 16.9 Å². The molecule has 0 atom stereocenters. The first kappa shape index (κ1) is 21.5. The molecule has 8 nitrogen and oxygen atoms in total. The Balaban J connectivity index is 2.04. The van der Waals surface area contributed by atoms with Crippen LogP contribution in [-0.4, -0.2) is 31.1 Å². The van der Waals surface area contributed by atoms with Gasteiger partial charge in [0.1, 0.15) is 5.52 Å². The van der Waals surface area contributed by atoms with E-state index in [4.69, 9.17) is 10.5 Å². The Bertz CT molecular complexity index is 1500. The first-order chi connectivity index (χ1) is 15.2. The fourth-order valence-corrected chi connectivity index (χ4v) is 5.16. The van der Waals surface area contributed by atoms with Crippen molar-refractivity contribution in [1.82, 2.24) is 8.54 Å². The number of hydrogen-bond acceptors (Lipinski definition) is 6. The van der Waals surface area contributed by atoms with E-state index in [1.165, 1.54) is 30.0 Å². The minimum absolute atomic E-state index is 0.0592. The van der Waals surface area contributed by atoms with Crippen LogP contribution in [0.5, 0.6) is 5.75 Å². The van der Waals surface area contributed by atoms with Gasteiger partial charge in [-0.1, -0.05) is 17.7 Å². The van der Waals surface area contributed by atoms with Gasteiger partial charge in [-0.25, -0.2) is 12.4 Å². The zero-order valence-corrected chi connectivity index (χ0v) is 19.0. The lowest BCUT2D eigenvalue weighted by atomic mass is 10.0. The molecule has 0 spiro atoms. The van der Waals surface area contributed by atoms with Crippen LogP contribution in [0.4, 0.5) is 11.4 Å². The molecular formula is C23H24N4O4S. The van der Waals surface area contributed by atoms with Gasteiger partial charge in [0.05, 0.1) is 23.4 Å². The minimum atomic E-state index is -3.97. The molecule has 2 aromatic carbocycles. The summed E-state index contributed by atoms with van der Waals surface area (Å²) in [5, 5.41) is 3.49. The third-order valence-electron chi connectivity index (χ3n) is 5.53. The van der Waals surface area contributed by atoms with Gasteiger partial charge in [0.2, 0.25) is 0 Å². The normalized spacial score (nSPS) is 11.6. The van der Waals surface area contributed by atoms with Crippen LogP contribution < -0.4 is 21.3 Å². The summed E-state index contributed by atoms with van der Waals surface area (Å²) in [6.45, 7) is 1.88. The number of nitrogens with zero attached hydrogens (tertiary/aromatic N) is 2. The van der Waals surface area contributed by atoms with Crippen molar-refractivity contribution >= 4 is 32.3 Å². The van der Waals surface area contributed by atoms with Gasteiger partial charge in [0, 0.05) is 43.0 Å². The van der Waals surface area contributed by atoms with E-state index in [1.807, 2.05) is 19.1 Å². The number of methoxy groups -OCH3 is 1. The summed E-state index contributed by atoms with van der Waals surface area (Å²) in [7, 11) is 0.878. The highest BCUT2D eigenvalue weighted by Gasteiger charge is 2.24. The molecule has 0 radical (unpaired) electrons. The molecule has 166 valence electrons. The van der Waals surface area contributed by atoms with Crippen LogP contribution in [0.15, 0.2) is 64.5 Å². The molecule has 0 fully saturated rings. The second-order valence-corrected chi connectivity index (χ2v) is 9.32. The summed E-state index contributed by atoms with van der Waals surface area (Å²) in [5.41, 5.74) is 9.23. The maximum Gasteiger partial charge on any atom is 0.275 e. The van der Waals surface area contributed by atoms with Crippen molar-refractivity contribution in [3.63, 3.8) is 0 Å². The summed E-state index contributed by atoms with van der Waals surface area (Å²) in [5.74, 6) is 0.436. The van der Waals surface area contributed by atoms with Crippen molar-refractivity contribution in [2.75, 3.05) is 25.2 Å². The molecule has 4 aromatic rings. The van der Waals surface area contributed by atoms with Crippen LogP contribution in [0, 0.1) is 6.92 Å². The number of nitrogens with one attached hydrogen (secondary N) is 1. The number of rotatable bonds is 5. The molecule has 0 aliphatic heterocycles. The van der Waals surface area contributed by atoms with E-state index in [1.54, 1.807) is 38.5 Å². The zero-order valence-electron chi connectivity index (χ0n) is 18.2. The highest BCUT2D eigenvalue weighted by atomic mass is 32.2. The second-order valence-electron chi connectivity index (χ2n) is 7.51. The van der Waals surface area contributed by atoms with Crippen LogP contribution in [0.25, 0.3) is 22.0 Å². The predicted octanol–water partition coefficient (Wildman–Crippen LogP) is 3.18. The van der Waals surface area contributed by atoms with Gasteiger partial charge in [-0.05, 0) is 37.3 Å². The van der Waals surface area contributed by atoms with E-state index in [0.717, 1.165) is 9.54 Å². The van der Waals surface area contributed by atoms with E-state index in [0.29, 0.717) is 33.6 Å². The van der Waals surface area contributed by atoms with Gasteiger partial charge in [-0.15, -0.1) is 0 Å². The van der Waals surface area contributed by atoms with Gasteiger partial charge >= 0.3 is 0 Å². The first-order valence-corrected chi connectivity index (χ1v) is 11.3. The average Bonchev–Trinajstić information content (AvgIpc) is 3.23. The fourth-order valence-electron chi connectivity index (χ4n) is 3.82. The largest absolute Gasteiger partial charge is 0.494 e. The first-order valence-electron chi connectivity index (χ1n) is 9.88. The van der Waals surface area contributed by atoms with Gasteiger partial charge < -0.3 is 20.4 Å². The Kier molecular flexibility index (Phi) is 5.21. The van der Waals surface area contributed by atoms with E-state index < -0.39 is 15.6 Å². The molecule has 0 aliphatic rings. The molecule has 0 saturated heterocycles. The van der Waals surface area contributed by atoms with Crippen LogP contribution in [-0.2, 0) is 17.1 Å². The quantitative estimate of drug-likeness (QED) is 0.450. The fraction of sp³-hybridized carbons (Fsp3) is 0.174. The predicted molar refractivity (Wildman–Crippen MR) is 127 cm³/mol. The van der Waals surface area contributed by atoms with E-state index in [2.05, 4.69) is 5.32 Å². The molecule has 2 heterocycles.